The Hall–Kier alpha value is -2.57. The molecule has 0 aromatic heterocycles. The summed E-state index contributed by atoms with van der Waals surface area (Å²) in [5.41, 5.74) is 2.00. The van der Waals surface area contributed by atoms with E-state index in [-0.39, 0.29) is 11.7 Å². The van der Waals surface area contributed by atoms with Gasteiger partial charge in [-0.3, -0.25) is 4.79 Å². The number of piperazine rings is 1. The number of benzene rings is 2. The number of phenolic OH excluding ortho intramolecular Hbond substituents is 1. The van der Waals surface area contributed by atoms with Gasteiger partial charge >= 0.3 is 0 Å². The molecule has 2 heterocycles. The minimum atomic E-state index is -0.225. The lowest BCUT2D eigenvalue weighted by molar-refractivity contribution is -0.917. The average Bonchev–Trinajstić information content (AvgIpc) is 3.05. The van der Waals surface area contributed by atoms with E-state index in [1.807, 2.05) is 12.1 Å². The Morgan fingerprint density at radius 3 is 2.52 bits per heavy atom. The third-order valence-corrected chi connectivity index (χ3v) is 5.92. The van der Waals surface area contributed by atoms with Crippen LogP contribution < -0.4 is 4.90 Å². The van der Waals surface area contributed by atoms with E-state index < -0.39 is 0 Å². The van der Waals surface area contributed by atoms with Crippen molar-refractivity contribution < 1.29 is 14.8 Å². The molecule has 0 atom stereocenters. The van der Waals surface area contributed by atoms with Gasteiger partial charge in [-0.25, -0.2) is 0 Å². The van der Waals surface area contributed by atoms with Gasteiger partial charge in [0.2, 0.25) is 0 Å². The lowest BCUT2D eigenvalue weighted by Gasteiger charge is -2.32. The van der Waals surface area contributed by atoms with Crippen molar-refractivity contribution in [3.63, 3.8) is 0 Å². The van der Waals surface area contributed by atoms with Crippen LogP contribution in [-0.4, -0.2) is 47.3 Å². The Balaban J connectivity index is 1.36. The molecule has 1 saturated heterocycles. The number of amidine groups is 1. The van der Waals surface area contributed by atoms with E-state index in [0.29, 0.717) is 10.5 Å². The summed E-state index contributed by atoms with van der Waals surface area (Å²) in [6.07, 6.45) is 1.72. The van der Waals surface area contributed by atoms with Crippen LogP contribution in [0.25, 0.3) is 6.08 Å². The lowest BCUT2D eigenvalue weighted by Crippen LogP contribution is -3.13. The molecular formula is C21H22N3O2S+. The number of carbonyl (C=O) groups excluding carboxylic acids is 1. The molecule has 0 bridgehead atoms. The number of phenols is 1. The van der Waals surface area contributed by atoms with E-state index in [1.165, 1.54) is 17.3 Å². The Labute approximate surface area is 163 Å². The SMILES string of the molecule is O=C1N=C(N2CC[NH+](Cc3ccccc3)CC2)S/C1=C\c1ccccc1O. The fraction of sp³-hybridized carbons (Fsp3) is 0.238. The number of para-hydroxylation sites is 1. The molecule has 0 saturated carbocycles. The van der Waals surface area contributed by atoms with E-state index in [1.54, 1.807) is 29.2 Å². The summed E-state index contributed by atoms with van der Waals surface area (Å²) >= 11 is 1.40. The number of hydrogen-bond acceptors (Lipinski definition) is 4. The van der Waals surface area contributed by atoms with Crippen molar-refractivity contribution in [1.82, 2.24) is 4.90 Å². The van der Waals surface area contributed by atoms with E-state index >= 15 is 0 Å². The quantitative estimate of drug-likeness (QED) is 0.797. The second-order valence-electron chi connectivity index (χ2n) is 6.77. The zero-order chi connectivity index (χ0) is 18.6. The minimum Gasteiger partial charge on any atom is -0.507 e. The molecule has 2 aliphatic rings. The highest BCUT2D eigenvalue weighted by atomic mass is 32.2. The molecule has 0 radical (unpaired) electrons. The topological polar surface area (TPSA) is 57.3 Å². The van der Waals surface area contributed by atoms with Gasteiger partial charge < -0.3 is 14.9 Å². The highest BCUT2D eigenvalue weighted by Crippen LogP contribution is 2.31. The second kappa shape index (κ2) is 7.98. The molecule has 2 aromatic rings. The van der Waals surface area contributed by atoms with Crippen LogP contribution in [0.2, 0.25) is 0 Å². The van der Waals surface area contributed by atoms with Crippen LogP contribution in [-0.2, 0) is 11.3 Å². The van der Waals surface area contributed by atoms with Crippen LogP contribution in [0.4, 0.5) is 0 Å². The van der Waals surface area contributed by atoms with Crippen LogP contribution in [0.15, 0.2) is 64.5 Å². The van der Waals surface area contributed by atoms with Crippen molar-refractivity contribution in [2.75, 3.05) is 26.2 Å². The first-order chi connectivity index (χ1) is 13.2. The predicted octanol–water partition coefficient (Wildman–Crippen LogP) is 1.76. The van der Waals surface area contributed by atoms with E-state index in [9.17, 15) is 9.90 Å². The number of aliphatic imine (C=N–C) groups is 1. The summed E-state index contributed by atoms with van der Waals surface area (Å²) in [7, 11) is 0. The summed E-state index contributed by atoms with van der Waals surface area (Å²) in [5.74, 6) is -0.0534. The first-order valence-corrected chi connectivity index (χ1v) is 9.94. The number of nitrogens with zero attached hydrogens (tertiary/aromatic N) is 2. The minimum absolute atomic E-state index is 0.171. The monoisotopic (exact) mass is 380 g/mol. The maximum Gasteiger partial charge on any atom is 0.286 e. The fourth-order valence-corrected chi connectivity index (χ4v) is 4.32. The third-order valence-electron chi connectivity index (χ3n) is 4.87. The summed E-state index contributed by atoms with van der Waals surface area (Å²) in [5, 5.41) is 10.7. The van der Waals surface area contributed by atoms with Crippen LogP contribution in [0.3, 0.4) is 0 Å². The molecule has 6 heteroatoms. The number of amides is 1. The van der Waals surface area contributed by atoms with Gasteiger partial charge in [-0.15, -0.1) is 0 Å². The van der Waals surface area contributed by atoms with Crippen molar-refractivity contribution >= 4 is 28.9 Å². The molecule has 1 amide bonds. The van der Waals surface area contributed by atoms with Gasteiger partial charge in [0, 0.05) is 11.1 Å². The van der Waals surface area contributed by atoms with Crippen LogP contribution in [0.5, 0.6) is 5.75 Å². The molecule has 0 aliphatic carbocycles. The van der Waals surface area contributed by atoms with Crippen molar-refractivity contribution in [2.45, 2.75) is 6.54 Å². The summed E-state index contributed by atoms with van der Waals surface area (Å²) < 4.78 is 0. The number of aromatic hydroxyl groups is 1. The van der Waals surface area contributed by atoms with Crippen LogP contribution in [0, 0.1) is 0 Å². The van der Waals surface area contributed by atoms with Crippen molar-refractivity contribution in [1.29, 1.82) is 0 Å². The maximum absolute atomic E-state index is 12.3. The first kappa shape index (κ1) is 17.8. The van der Waals surface area contributed by atoms with Crippen molar-refractivity contribution in [2.24, 2.45) is 4.99 Å². The summed E-state index contributed by atoms with van der Waals surface area (Å²) in [6, 6.07) is 17.6. The van der Waals surface area contributed by atoms with Gasteiger partial charge in [0.15, 0.2) is 5.17 Å². The molecular weight excluding hydrogens is 358 g/mol. The molecule has 1 fully saturated rings. The zero-order valence-corrected chi connectivity index (χ0v) is 15.8. The molecule has 0 spiro atoms. The van der Waals surface area contributed by atoms with Gasteiger partial charge in [-0.05, 0) is 23.9 Å². The standard InChI is InChI=1S/C21H21N3O2S/c25-18-9-5-4-8-17(18)14-19-20(26)22-21(27-19)24-12-10-23(11-13-24)15-16-6-2-1-3-7-16/h1-9,14,25H,10-13,15H2/p+1/b19-14-. The van der Waals surface area contributed by atoms with Gasteiger partial charge in [0.1, 0.15) is 12.3 Å². The largest absolute Gasteiger partial charge is 0.507 e. The summed E-state index contributed by atoms with van der Waals surface area (Å²) in [4.78, 5) is 20.8. The Kier molecular flexibility index (Phi) is 5.27. The van der Waals surface area contributed by atoms with Gasteiger partial charge in [-0.1, -0.05) is 48.5 Å². The number of rotatable bonds is 3. The summed E-state index contributed by atoms with van der Waals surface area (Å²) in [6.45, 7) is 4.88. The molecule has 2 aliphatic heterocycles. The lowest BCUT2D eigenvalue weighted by atomic mass is 10.2. The molecule has 2 aromatic carbocycles. The van der Waals surface area contributed by atoms with Crippen molar-refractivity contribution in [3.05, 3.63) is 70.6 Å². The maximum atomic E-state index is 12.3. The molecule has 27 heavy (non-hydrogen) atoms. The van der Waals surface area contributed by atoms with Gasteiger partial charge in [-0.2, -0.15) is 4.99 Å². The Morgan fingerprint density at radius 1 is 1.07 bits per heavy atom. The Bertz CT molecular complexity index is 887. The predicted molar refractivity (Wildman–Crippen MR) is 109 cm³/mol. The first-order valence-electron chi connectivity index (χ1n) is 9.12. The van der Waals surface area contributed by atoms with Crippen LogP contribution in [0.1, 0.15) is 11.1 Å². The number of hydrogen-bond donors (Lipinski definition) is 2. The van der Waals surface area contributed by atoms with Gasteiger partial charge in [0.25, 0.3) is 5.91 Å². The smallest absolute Gasteiger partial charge is 0.286 e. The number of carbonyl (C=O) groups is 1. The average molecular weight is 380 g/mol. The fourth-order valence-electron chi connectivity index (χ4n) is 3.36. The second-order valence-corrected chi connectivity index (χ2v) is 7.78. The van der Waals surface area contributed by atoms with E-state index in [4.69, 9.17) is 0 Å². The highest BCUT2D eigenvalue weighted by Gasteiger charge is 2.29. The van der Waals surface area contributed by atoms with Crippen molar-refractivity contribution in [3.8, 4) is 5.75 Å². The third kappa shape index (κ3) is 4.23. The molecule has 2 N–H and O–H groups in total. The molecule has 4 rings (SSSR count). The molecule has 5 nitrogen and oxygen atoms in total. The van der Waals surface area contributed by atoms with Crippen LogP contribution >= 0.6 is 11.8 Å². The Morgan fingerprint density at radius 2 is 1.78 bits per heavy atom. The normalized spacial score (nSPS) is 19.6. The van der Waals surface area contributed by atoms with E-state index in [0.717, 1.165) is 37.9 Å². The highest BCUT2D eigenvalue weighted by molar-refractivity contribution is 8.18. The number of quaternary nitrogens is 1. The molecule has 0 unspecified atom stereocenters. The number of nitrogens with one attached hydrogen (secondary N) is 1. The number of thioether (sulfide) groups is 1. The van der Waals surface area contributed by atoms with Gasteiger partial charge in [0.05, 0.1) is 31.1 Å². The molecule has 138 valence electrons. The zero-order valence-electron chi connectivity index (χ0n) is 15.0. The van der Waals surface area contributed by atoms with E-state index in [2.05, 4.69) is 34.2 Å².